The van der Waals surface area contributed by atoms with Crippen molar-refractivity contribution >= 4 is 47.9 Å². The first-order valence-electron chi connectivity index (χ1n) is 6.33. The van der Waals surface area contributed by atoms with Crippen LogP contribution in [-0.4, -0.2) is 16.6 Å². The molecule has 4 aliphatic heterocycles. The van der Waals surface area contributed by atoms with Crippen molar-refractivity contribution in [2.45, 2.75) is 39.3 Å². The van der Waals surface area contributed by atoms with E-state index < -0.39 is 47.9 Å². The molecule has 11 nitrogen and oxygen atoms in total. The molecule has 0 aromatic heterocycles. The minimum absolute atomic E-state index is 1.23. The molecule has 4 rings (SSSR count). The average molecular weight is 446 g/mol. The van der Waals surface area contributed by atoms with Gasteiger partial charge in [-0.3, -0.25) is 0 Å². The molecule has 23 heavy (non-hydrogen) atoms. The summed E-state index contributed by atoms with van der Waals surface area (Å²) < 4.78 is 75.8. The second-order valence-electron chi connectivity index (χ2n) is 6.61. The van der Waals surface area contributed by atoms with Crippen LogP contribution >= 0.6 is 31.3 Å². The fourth-order valence-electron chi connectivity index (χ4n) is 1.83. The van der Waals surface area contributed by atoms with Crippen LogP contribution in [0.25, 0.3) is 0 Å². The minimum Gasteiger partial charge on any atom is -0.456 e. The zero-order valence-electron chi connectivity index (χ0n) is 13.3. The van der Waals surface area contributed by atoms with Crippen molar-refractivity contribution in [3.8, 4) is 0 Å². The molecule has 0 amide bonds. The van der Waals surface area contributed by atoms with Crippen molar-refractivity contribution in [1.29, 1.82) is 0 Å². The topological polar surface area (TPSA) is 133 Å². The molecule has 0 aliphatic carbocycles. The van der Waals surface area contributed by atoms with Crippen LogP contribution in [0.5, 0.6) is 0 Å². The van der Waals surface area contributed by atoms with Gasteiger partial charge in [-0.25, -0.2) is 18.3 Å². The first kappa shape index (κ1) is 20.4. The molecular weight excluding hydrogens is 428 g/mol. The molecule has 0 aromatic carbocycles. The Morgan fingerprint density at radius 2 is 0.696 bits per heavy atom. The molecule has 4 fully saturated rings. The van der Waals surface area contributed by atoms with Crippen LogP contribution in [0.15, 0.2) is 0 Å². The Morgan fingerprint density at radius 3 is 0.783 bits per heavy atom. The summed E-state index contributed by atoms with van der Waals surface area (Å²) in [5.41, 5.74) is 0. The van der Waals surface area contributed by atoms with Gasteiger partial charge in [0, 0.05) is 0 Å². The van der Waals surface area contributed by atoms with Gasteiger partial charge in [0.1, 0.15) is 0 Å². The number of hydrogen-bond donors (Lipinski definition) is 0. The van der Waals surface area contributed by atoms with Crippen LogP contribution in [0.2, 0.25) is 39.3 Å². The van der Waals surface area contributed by atoms with Crippen molar-refractivity contribution in [2.75, 3.05) is 0 Å². The van der Waals surface area contributed by atoms with E-state index in [0.717, 1.165) is 0 Å². The molecule has 0 atom stereocenters. The largest absolute Gasteiger partial charge is 0.501 e. The van der Waals surface area contributed by atoms with Crippen LogP contribution in [0, 0.1) is 0 Å². The Bertz CT molecular complexity index is 527. The fourth-order valence-corrected chi connectivity index (χ4v) is 19.7. The highest BCUT2D eigenvalue weighted by molar-refractivity contribution is 7.88. The summed E-state index contributed by atoms with van der Waals surface area (Å²) in [5.74, 6) is 0. The fraction of sp³-hybridized carbons (Fsp3) is 1.00. The molecule has 0 unspecified atom stereocenters. The Labute approximate surface area is 136 Å². The lowest BCUT2D eigenvalue weighted by atomic mass is 11.8. The van der Waals surface area contributed by atoms with Crippen molar-refractivity contribution in [3.05, 3.63) is 0 Å². The third-order valence-electron chi connectivity index (χ3n) is 1.81. The second-order valence-corrected chi connectivity index (χ2v) is 23.4. The number of hydrogen-bond acceptors (Lipinski definition) is 11. The Hall–Kier alpha value is 1.07. The smallest absolute Gasteiger partial charge is 0.456 e. The molecule has 4 bridgehead atoms. The third kappa shape index (κ3) is 5.52. The van der Waals surface area contributed by atoms with Gasteiger partial charge < -0.3 is 4.12 Å². The first-order chi connectivity index (χ1) is 9.95. The maximum absolute atomic E-state index is 11.3. The summed E-state index contributed by atoms with van der Waals surface area (Å²) in [6, 6.07) is 0. The third-order valence-corrected chi connectivity index (χ3v) is 16.3. The Kier molecular flexibility index (Phi) is 5.13. The van der Waals surface area contributed by atoms with Gasteiger partial charge in [0.25, 0.3) is 0 Å². The molecule has 0 saturated carbocycles. The van der Waals surface area contributed by atoms with E-state index in [1.165, 1.54) is 0 Å². The molecule has 0 spiro atoms. The van der Waals surface area contributed by atoms with Crippen molar-refractivity contribution in [1.82, 2.24) is 0 Å². The lowest BCUT2D eigenvalue weighted by Crippen LogP contribution is -2.39. The highest BCUT2D eigenvalue weighted by atomic mass is 31.4. The van der Waals surface area contributed by atoms with Crippen LogP contribution < -0.4 is 0 Å². The predicted octanol–water partition coefficient (Wildman–Crippen LogP) is 5.23. The van der Waals surface area contributed by atoms with Gasteiger partial charge in [-0.1, -0.05) is 0 Å². The van der Waals surface area contributed by atoms with Gasteiger partial charge in [-0.2, -0.15) is 25.9 Å². The van der Waals surface area contributed by atoms with Crippen LogP contribution in [0.3, 0.4) is 0 Å². The number of phosphoric acid groups is 4. The Balaban J connectivity index is 0.000000188. The van der Waals surface area contributed by atoms with E-state index in [-0.39, 0.29) is 0 Å². The SMILES string of the molecule is C[Si](C)(C)O[Si](C)(C)C.O=P12OP3(=O)OP(=O)(O1)OP(=O)(O2)O3. The molecule has 4 heterocycles. The zero-order chi connectivity index (χ0) is 17.9. The van der Waals surface area contributed by atoms with Crippen LogP contribution in [0.1, 0.15) is 0 Å². The monoisotopic (exact) mass is 446 g/mol. The highest BCUT2D eigenvalue weighted by Crippen LogP contribution is 2.99. The lowest BCUT2D eigenvalue weighted by Gasteiger charge is -2.41. The van der Waals surface area contributed by atoms with E-state index in [1.807, 2.05) is 0 Å². The summed E-state index contributed by atoms with van der Waals surface area (Å²) in [5, 5.41) is 0. The van der Waals surface area contributed by atoms with E-state index >= 15 is 0 Å². The van der Waals surface area contributed by atoms with E-state index in [9.17, 15) is 18.3 Å². The summed E-state index contributed by atoms with van der Waals surface area (Å²) in [7, 11) is -20.2. The highest BCUT2D eigenvalue weighted by Gasteiger charge is 2.74. The molecule has 17 heteroatoms. The maximum Gasteiger partial charge on any atom is 0.501 e. The summed E-state index contributed by atoms with van der Waals surface area (Å²) in [4.78, 5) is 0. The first-order valence-corrected chi connectivity index (χ1v) is 19.0. The van der Waals surface area contributed by atoms with Gasteiger partial charge in [0.15, 0.2) is 16.6 Å². The van der Waals surface area contributed by atoms with Crippen molar-refractivity contribution < 1.29 is 48.2 Å². The van der Waals surface area contributed by atoms with E-state index in [4.69, 9.17) is 4.12 Å². The maximum atomic E-state index is 11.3. The van der Waals surface area contributed by atoms with Gasteiger partial charge in [-0.05, 0) is 39.3 Å². The predicted molar refractivity (Wildman–Crippen MR) is 84.7 cm³/mol. The molecule has 4 aliphatic rings. The zero-order valence-corrected chi connectivity index (χ0v) is 18.9. The lowest BCUT2D eigenvalue weighted by molar-refractivity contribution is 0.0909. The summed E-state index contributed by atoms with van der Waals surface area (Å²) in [6.45, 7) is 13.4. The molecule has 136 valence electrons. The van der Waals surface area contributed by atoms with E-state index in [0.29, 0.717) is 0 Å². The Morgan fingerprint density at radius 1 is 0.522 bits per heavy atom. The van der Waals surface area contributed by atoms with Crippen molar-refractivity contribution in [2.24, 2.45) is 0 Å². The number of rotatable bonds is 2. The van der Waals surface area contributed by atoms with Gasteiger partial charge in [0.05, 0.1) is 0 Å². The van der Waals surface area contributed by atoms with Crippen LogP contribution in [0.4, 0.5) is 0 Å². The molecule has 0 N–H and O–H groups in total. The van der Waals surface area contributed by atoms with Crippen LogP contribution in [-0.2, 0) is 48.2 Å². The molecule has 0 radical (unpaired) electrons. The molecule has 4 saturated heterocycles. The van der Waals surface area contributed by atoms with E-state index in [1.54, 1.807) is 0 Å². The van der Waals surface area contributed by atoms with Gasteiger partial charge in [0.2, 0.25) is 0 Å². The van der Waals surface area contributed by atoms with Crippen molar-refractivity contribution in [3.63, 3.8) is 0 Å². The molecular formula is C6H18O11P4Si2. The standard InChI is InChI=1S/C6H18OSi2.O10P4/c1-8(2,3)7-9(4,5)6;1-11-5-12(2)8-13(3,6-11)10-14(4,7-11)9-12/h1-6H3;. The minimum atomic E-state index is -4.43. The quantitative estimate of drug-likeness (QED) is 0.408. The molecule has 0 aromatic rings. The van der Waals surface area contributed by atoms with Gasteiger partial charge >= 0.3 is 31.3 Å². The van der Waals surface area contributed by atoms with Gasteiger partial charge in [-0.15, -0.1) is 0 Å². The summed E-state index contributed by atoms with van der Waals surface area (Å²) in [6.07, 6.45) is 0. The average Bonchev–Trinajstić information content (AvgIpc) is 1.98. The second kappa shape index (κ2) is 5.79. The summed E-state index contributed by atoms with van der Waals surface area (Å²) >= 11 is 0. The normalized spacial score (nSPS) is 45.5. The van der Waals surface area contributed by atoms with E-state index in [2.05, 4.69) is 65.1 Å².